The van der Waals surface area contributed by atoms with Gasteiger partial charge in [-0.25, -0.2) is 0 Å². The Balaban J connectivity index is 2.72. The van der Waals surface area contributed by atoms with Gasteiger partial charge < -0.3 is 5.11 Å². The van der Waals surface area contributed by atoms with Crippen molar-refractivity contribution in [1.82, 2.24) is 0 Å². The molecule has 0 radical (unpaired) electrons. The van der Waals surface area contributed by atoms with Crippen molar-refractivity contribution >= 4 is 0 Å². The maximum atomic E-state index is 10.6. The van der Waals surface area contributed by atoms with E-state index in [1.807, 2.05) is 0 Å². The van der Waals surface area contributed by atoms with Crippen LogP contribution in [-0.2, 0) is 0 Å². The zero-order chi connectivity index (χ0) is 11.0. The van der Waals surface area contributed by atoms with Gasteiger partial charge in [0.05, 0.1) is 5.60 Å². The molecule has 0 heterocycles. The lowest BCUT2D eigenvalue weighted by Crippen LogP contribution is -2.47. The Hall–Kier alpha value is -0.0400. The van der Waals surface area contributed by atoms with E-state index < -0.39 is 5.60 Å². The van der Waals surface area contributed by atoms with Gasteiger partial charge in [-0.1, -0.05) is 41.0 Å². The molecule has 1 saturated carbocycles. The quantitative estimate of drug-likeness (QED) is 0.682. The normalized spacial score (nSPS) is 34.9. The van der Waals surface area contributed by atoms with Gasteiger partial charge in [0.1, 0.15) is 0 Å². The lowest BCUT2D eigenvalue weighted by Gasteiger charge is -2.46. The standard InChI is InChI=1S/C13H26O/c1-10(2)11-7-6-8-13(14,9-11)12(3,4)5/h10-11,14H,6-9H2,1-5H3. The van der Waals surface area contributed by atoms with E-state index in [-0.39, 0.29) is 5.41 Å². The third-order valence-electron chi connectivity index (χ3n) is 4.10. The highest BCUT2D eigenvalue weighted by Crippen LogP contribution is 2.45. The lowest BCUT2D eigenvalue weighted by atomic mass is 9.63. The van der Waals surface area contributed by atoms with Crippen LogP contribution in [0.4, 0.5) is 0 Å². The number of rotatable bonds is 1. The minimum atomic E-state index is -0.430. The molecule has 1 fully saturated rings. The van der Waals surface area contributed by atoms with E-state index in [1.54, 1.807) is 0 Å². The Morgan fingerprint density at radius 2 is 1.86 bits per heavy atom. The summed E-state index contributed by atoms with van der Waals surface area (Å²) in [6.45, 7) is 11.0. The molecule has 1 aliphatic rings. The molecule has 0 bridgehead atoms. The molecular weight excluding hydrogens is 172 g/mol. The lowest BCUT2D eigenvalue weighted by molar-refractivity contribution is -0.103. The first-order valence-electron chi connectivity index (χ1n) is 5.99. The Morgan fingerprint density at radius 3 is 2.29 bits per heavy atom. The second-order valence-corrected chi connectivity index (χ2v) is 6.38. The average molecular weight is 198 g/mol. The summed E-state index contributed by atoms with van der Waals surface area (Å²) in [5.41, 5.74) is -0.402. The van der Waals surface area contributed by atoms with E-state index in [0.29, 0.717) is 11.8 Å². The molecule has 0 aliphatic heterocycles. The van der Waals surface area contributed by atoms with Crippen molar-refractivity contribution in [2.75, 3.05) is 0 Å². The monoisotopic (exact) mass is 198 g/mol. The van der Waals surface area contributed by atoms with Crippen LogP contribution in [0.2, 0.25) is 0 Å². The molecule has 2 unspecified atom stereocenters. The van der Waals surface area contributed by atoms with Crippen molar-refractivity contribution in [2.45, 2.75) is 65.9 Å². The van der Waals surface area contributed by atoms with Crippen LogP contribution >= 0.6 is 0 Å². The van der Waals surface area contributed by atoms with Crippen LogP contribution in [0.1, 0.15) is 60.3 Å². The van der Waals surface area contributed by atoms with Crippen LogP contribution in [-0.4, -0.2) is 10.7 Å². The topological polar surface area (TPSA) is 20.2 Å². The summed E-state index contributed by atoms with van der Waals surface area (Å²) in [6.07, 6.45) is 4.47. The first kappa shape index (κ1) is 12.0. The van der Waals surface area contributed by atoms with Gasteiger partial charge in [0, 0.05) is 0 Å². The fourth-order valence-electron chi connectivity index (χ4n) is 2.54. The second kappa shape index (κ2) is 3.84. The molecule has 1 heteroatoms. The van der Waals surface area contributed by atoms with E-state index in [4.69, 9.17) is 0 Å². The maximum Gasteiger partial charge on any atom is 0.0698 e. The smallest absolute Gasteiger partial charge is 0.0698 e. The van der Waals surface area contributed by atoms with Gasteiger partial charge in [0.2, 0.25) is 0 Å². The van der Waals surface area contributed by atoms with Crippen LogP contribution in [0.5, 0.6) is 0 Å². The first-order valence-corrected chi connectivity index (χ1v) is 5.99. The van der Waals surface area contributed by atoms with E-state index in [0.717, 1.165) is 12.8 Å². The van der Waals surface area contributed by atoms with Crippen molar-refractivity contribution < 1.29 is 5.11 Å². The summed E-state index contributed by atoms with van der Waals surface area (Å²) in [5.74, 6) is 1.43. The van der Waals surface area contributed by atoms with Crippen LogP contribution in [0.3, 0.4) is 0 Å². The maximum absolute atomic E-state index is 10.6. The number of aliphatic hydroxyl groups is 1. The van der Waals surface area contributed by atoms with Gasteiger partial charge in [0.15, 0.2) is 0 Å². The van der Waals surface area contributed by atoms with Gasteiger partial charge >= 0.3 is 0 Å². The predicted octanol–water partition coefficient (Wildman–Crippen LogP) is 3.61. The molecule has 14 heavy (non-hydrogen) atoms. The highest BCUT2D eigenvalue weighted by molar-refractivity contribution is 4.95. The molecule has 84 valence electrons. The minimum Gasteiger partial charge on any atom is -0.389 e. The molecule has 0 aromatic rings. The highest BCUT2D eigenvalue weighted by atomic mass is 16.3. The molecule has 0 aromatic carbocycles. The molecule has 0 spiro atoms. The van der Waals surface area contributed by atoms with Gasteiger partial charge in [-0.2, -0.15) is 0 Å². The Labute approximate surface area is 88.9 Å². The first-order chi connectivity index (χ1) is 6.26. The molecule has 1 nitrogen and oxygen atoms in total. The van der Waals surface area contributed by atoms with Crippen LogP contribution in [0.25, 0.3) is 0 Å². The van der Waals surface area contributed by atoms with Crippen LogP contribution in [0.15, 0.2) is 0 Å². The van der Waals surface area contributed by atoms with E-state index in [9.17, 15) is 5.11 Å². The van der Waals surface area contributed by atoms with Crippen molar-refractivity contribution in [1.29, 1.82) is 0 Å². The fraction of sp³-hybridized carbons (Fsp3) is 1.00. The van der Waals surface area contributed by atoms with Gasteiger partial charge in [-0.15, -0.1) is 0 Å². The third-order valence-corrected chi connectivity index (χ3v) is 4.10. The summed E-state index contributed by atoms with van der Waals surface area (Å²) in [4.78, 5) is 0. The second-order valence-electron chi connectivity index (χ2n) is 6.38. The summed E-state index contributed by atoms with van der Waals surface area (Å²) in [5, 5.41) is 10.6. The van der Waals surface area contributed by atoms with E-state index in [2.05, 4.69) is 34.6 Å². The van der Waals surface area contributed by atoms with Gasteiger partial charge in [-0.3, -0.25) is 0 Å². The van der Waals surface area contributed by atoms with E-state index in [1.165, 1.54) is 12.8 Å². The Kier molecular flexibility index (Phi) is 3.30. The van der Waals surface area contributed by atoms with Crippen molar-refractivity contribution in [2.24, 2.45) is 17.3 Å². The average Bonchev–Trinajstić information content (AvgIpc) is 2.02. The summed E-state index contributed by atoms with van der Waals surface area (Å²) in [7, 11) is 0. The molecule has 1 rings (SSSR count). The SMILES string of the molecule is CC(C)C1CCCC(O)(C(C)(C)C)C1. The molecular formula is C13H26O. The third kappa shape index (κ3) is 2.31. The van der Waals surface area contributed by atoms with Gasteiger partial charge in [0.25, 0.3) is 0 Å². The van der Waals surface area contributed by atoms with Crippen molar-refractivity contribution in [3.8, 4) is 0 Å². The van der Waals surface area contributed by atoms with Gasteiger partial charge in [-0.05, 0) is 36.5 Å². The summed E-state index contributed by atoms with van der Waals surface area (Å²) >= 11 is 0. The zero-order valence-corrected chi connectivity index (χ0v) is 10.4. The largest absolute Gasteiger partial charge is 0.389 e. The number of hydrogen-bond donors (Lipinski definition) is 1. The molecule has 1 aliphatic carbocycles. The predicted molar refractivity (Wildman–Crippen MR) is 61.2 cm³/mol. The van der Waals surface area contributed by atoms with E-state index >= 15 is 0 Å². The Bertz CT molecular complexity index is 190. The molecule has 0 amide bonds. The summed E-state index contributed by atoms with van der Waals surface area (Å²) < 4.78 is 0. The fourth-order valence-corrected chi connectivity index (χ4v) is 2.54. The minimum absolute atomic E-state index is 0.0283. The Morgan fingerprint density at radius 1 is 1.29 bits per heavy atom. The summed E-state index contributed by atoms with van der Waals surface area (Å²) in [6, 6.07) is 0. The molecule has 1 N–H and O–H groups in total. The molecule has 2 atom stereocenters. The molecule has 0 aromatic heterocycles. The number of hydrogen-bond acceptors (Lipinski definition) is 1. The van der Waals surface area contributed by atoms with Crippen LogP contribution < -0.4 is 0 Å². The zero-order valence-electron chi connectivity index (χ0n) is 10.4. The highest BCUT2D eigenvalue weighted by Gasteiger charge is 2.43. The van der Waals surface area contributed by atoms with Crippen LogP contribution in [0, 0.1) is 17.3 Å². The van der Waals surface area contributed by atoms with Crippen molar-refractivity contribution in [3.05, 3.63) is 0 Å². The van der Waals surface area contributed by atoms with Crippen molar-refractivity contribution in [3.63, 3.8) is 0 Å². The molecule has 0 saturated heterocycles.